The monoisotopic (exact) mass is 1440 g/mol. The molecular formula is C107H100N4. The first-order valence-electron chi connectivity index (χ1n) is 42.4. The van der Waals surface area contributed by atoms with E-state index in [4.69, 9.17) is 0 Å². The topological polar surface area (TPSA) is 13.0 Å². The van der Waals surface area contributed by atoms with E-state index in [9.17, 15) is 0 Å². The third kappa shape index (κ3) is 10.6. The van der Waals surface area contributed by atoms with Crippen molar-refractivity contribution in [3.8, 4) is 0 Å². The molecule has 15 aliphatic carbocycles. The van der Waals surface area contributed by atoms with Crippen LogP contribution in [-0.2, 0) is 5.41 Å². The normalized spacial score (nSPS) is 32.1. The minimum Gasteiger partial charge on any atom is -0.362 e. The maximum Gasteiger partial charge on any atom is 0.0563 e. The summed E-state index contributed by atoms with van der Waals surface area (Å²) in [5.74, 6) is 4.54. The highest BCUT2D eigenvalue weighted by Gasteiger charge is 2.69. The van der Waals surface area contributed by atoms with Crippen molar-refractivity contribution in [2.75, 3.05) is 14.7 Å². The molecule has 17 atom stereocenters. The summed E-state index contributed by atoms with van der Waals surface area (Å²) in [6.45, 7) is 2.39. The highest BCUT2D eigenvalue weighted by atomic mass is 15.2. The lowest BCUT2D eigenvalue weighted by Gasteiger charge is -2.48. The van der Waals surface area contributed by atoms with E-state index in [-0.39, 0.29) is 35.3 Å². The van der Waals surface area contributed by atoms with Gasteiger partial charge in [-0.15, -0.1) is 0 Å². The van der Waals surface area contributed by atoms with Crippen LogP contribution in [0.5, 0.6) is 0 Å². The fourth-order valence-electron chi connectivity index (χ4n) is 25.2. The SMILES string of the molecule is CC1=CC(N(C2=CC=CCC2)C2C=C3C(CC2)C2C=CC(N(c4ccccc4)C4CC=CC(c5ccc6c(N(c7ccccc7)C7C=C8C(=CC7)c7ccc(N(C9=C%10C=CC=CC%10CC=C9)c9ccccc9)cc7C87c8ccccc8C8C=CC=CC87)cccc6c5)C4)=CC2C32C3C=CC=CC3C3C=CCCC32)CCC1. The number of fused-ring (bicyclic) bond motifs is 22. The second-order valence-corrected chi connectivity index (χ2v) is 34.7. The van der Waals surface area contributed by atoms with Crippen molar-refractivity contribution >= 4 is 44.8 Å². The molecule has 0 saturated heterocycles. The van der Waals surface area contributed by atoms with E-state index in [1.165, 1.54) is 140 Å². The Balaban J connectivity index is 0.620. The third-order valence-corrected chi connectivity index (χ3v) is 29.4. The van der Waals surface area contributed by atoms with Gasteiger partial charge >= 0.3 is 0 Å². The average Bonchev–Trinajstić information content (AvgIpc) is 1.51. The highest BCUT2D eigenvalue weighted by molar-refractivity contribution is 5.99. The lowest BCUT2D eigenvalue weighted by molar-refractivity contribution is 0.131. The lowest BCUT2D eigenvalue weighted by Crippen LogP contribution is -2.45. The summed E-state index contributed by atoms with van der Waals surface area (Å²) in [7, 11) is 0. The zero-order valence-corrected chi connectivity index (χ0v) is 64.0. The summed E-state index contributed by atoms with van der Waals surface area (Å²) < 4.78 is 0. The van der Waals surface area contributed by atoms with Crippen LogP contribution in [0.15, 0.2) is 379 Å². The average molecular weight is 1440 g/mol. The second kappa shape index (κ2) is 27.4. The van der Waals surface area contributed by atoms with Gasteiger partial charge in [-0.25, -0.2) is 0 Å². The van der Waals surface area contributed by atoms with Crippen molar-refractivity contribution in [3.05, 3.63) is 407 Å². The Hall–Kier alpha value is -10.7. The lowest BCUT2D eigenvalue weighted by atomic mass is 9.58. The zero-order chi connectivity index (χ0) is 73.3. The molecule has 2 saturated carbocycles. The van der Waals surface area contributed by atoms with E-state index >= 15 is 0 Å². The van der Waals surface area contributed by atoms with Crippen LogP contribution in [0.3, 0.4) is 0 Å². The van der Waals surface area contributed by atoms with Crippen molar-refractivity contribution < 1.29 is 0 Å². The summed E-state index contributed by atoms with van der Waals surface area (Å²) in [6.07, 6.45) is 85.5. The fourth-order valence-corrected chi connectivity index (χ4v) is 25.2. The van der Waals surface area contributed by atoms with Crippen LogP contribution in [-0.4, -0.2) is 29.1 Å². The smallest absolute Gasteiger partial charge is 0.0563 e. The van der Waals surface area contributed by atoms with Crippen molar-refractivity contribution in [2.45, 2.75) is 132 Å². The van der Waals surface area contributed by atoms with Gasteiger partial charge in [-0.3, -0.25) is 0 Å². The first kappa shape index (κ1) is 67.2. The number of nitrogens with zero attached hydrogens (tertiary/aromatic N) is 4. The van der Waals surface area contributed by atoms with E-state index in [1.807, 2.05) is 5.57 Å². The molecule has 548 valence electrons. The Kier molecular flexibility index (Phi) is 16.6. The van der Waals surface area contributed by atoms with Gasteiger partial charge in [0.1, 0.15) is 0 Å². The van der Waals surface area contributed by atoms with Crippen LogP contribution in [0.25, 0.3) is 16.3 Å². The fraction of sp³-hybridized carbons (Fsp3) is 0.290. The van der Waals surface area contributed by atoms with Crippen LogP contribution in [0.4, 0.5) is 28.4 Å². The molecular weight excluding hydrogens is 1340 g/mol. The predicted molar refractivity (Wildman–Crippen MR) is 462 cm³/mol. The molecule has 17 unspecified atom stereocenters. The predicted octanol–water partition coefficient (Wildman–Crippen LogP) is 25.7. The number of allylic oxidation sites excluding steroid dienone is 29. The molecule has 15 aliphatic rings. The van der Waals surface area contributed by atoms with E-state index in [1.54, 1.807) is 11.3 Å². The number of para-hydroxylation sites is 3. The minimum atomic E-state index is -0.445. The molecule has 2 fully saturated rings. The largest absolute Gasteiger partial charge is 0.362 e. The van der Waals surface area contributed by atoms with Gasteiger partial charge < -0.3 is 19.6 Å². The molecule has 0 aromatic heterocycles. The first-order valence-corrected chi connectivity index (χ1v) is 42.4. The van der Waals surface area contributed by atoms with Gasteiger partial charge in [0.15, 0.2) is 0 Å². The van der Waals surface area contributed by atoms with Gasteiger partial charge in [0.25, 0.3) is 0 Å². The second-order valence-electron chi connectivity index (χ2n) is 34.7. The van der Waals surface area contributed by atoms with Crippen LogP contribution < -0.4 is 14.7 Å². The standard InChI is InChI=1S/C107H100N4/c1-71-28-24-41-80(64-71)108(76-33-6-2-7-34-76)82-55-60-92-93-61-56-83(68-101(93)106(100(92)67-82)96-48-20-16-44-88(96)89-45-17-21-49-97(89)106)109(77-35-8-3-9-36-77)81-42-25-31-73(66-81)74-54-59-87-75(65-74)32-27-53-105(87)111(79-39-12-5-13-40-79)85-58-63-95-94-62-57-84(110(78-37-10-4-11-38-78)104-52-26-30-72-29-14-15-43-86(72)104)69-102(94)107(103(95)70-85)98-50-22-18-46-90(98)91-47-19-23-51-99(91)107/h2-6,8-20,22-23,25-27,29,31-33,35-40,43-48,50-54,56-57,59,61-65,67-70,72-73,80-82,85,88-90,92-93,96-98,101H,7,21,24,28,30,34,41-42,49,55,58,60,66H2,1H3. The van der Waals surface area contributed by atoms with Gasteiger partial charge in [0.2, 0.25) is 0 Å². The number of hydrogen-bond donors (Lipinski definition) is 0. The Morgan fingerprint density at radius 1 is 0.477 bits per heavy atom. The molecule has 2 spiro atoms. The van der Waals surface area contributed by atoms with Crippen molar-refractivity contribution in [1.29, 1.82) is 0 Å². The van der Waals surface area contributed by atoms with E-state index in [0.29, 0.717) is 59.4 Å². The van der Waals surface area contributed by atoms with Crippen LogP contribution in [0, 0.1) is 58.7 Å². The Bertz CT molecular complexity index is 5510. The van der Waals surface area contributed by atoms with Gasteiger partial charge in [0.05, 0.1) is 11.5 Å². The maximum absolute atomic E-state index is 2.97. The van der Waals surface area contributed by atoms with E-state index in [2.05, 4.69) is 367 Å². The molecule has 4 nitrogen and oxygen atoms in total. The summed E-state index contributed by atoms with van der Waals surface area (Å²) in [5.41, 5.74) is 24.5. The zero-order valence-electron chi connectivity index (χ0n) is 64.0. The van der Waals surface area contributed by atoms with Crippen LogP contribution >= 0.6 is 0 Å². The summed E-state index contributed by atoms with van der Waals surface area (Å²) in [6, 6.07) is 66.8. The van der Waals surface area contributed by atoms with Crippen molar-refractivity contribution in [2.24, 2.45) is 58.7 Å². The summed E-state index contributed by atoms with van der Waals surface area (Å²) in [5, 5.41) is 2.57. The molecule has 0 heterocycles. The van der Waals surface area contributed by atoms with Gasteiger partial charge in [-0.1, -0.05) is 278 Å². The Labute approximate surface area is 657 Å². The molecule has 22 rings (SSSR count). The van der Waals surface area contributed by atoms with Crippen molar-refractivity contribution in [3.63, 3.8) is 0 Å². The van der Waals surface area contributed by atoms with E-state index < -0.39 is 5.41 Å². The summed E-state index contributed by atoms with van der Waals surface area (Å²) >= 11 is 0. The molecule has 0 N–H and O–H groups in total. The molecule has 0 aliphatic heterocycles. The first-order chi connectivity index (χ1) is 55.0. The van der Waals surface area contributed by atoms with Crippen molar-refractivity contribution in [1.82, 2.24) is 4.90 Å². The molecule has 7 aromatic rings. The number of anilines is 5. The number of benzene rings is 7. The van der Waals surface area contributed by atoms with Crippen LogP contribution in [0.2, 0.25) is 0 Å². The molecule has 4 heteroatoms. The summed E-state index contributed by atoms with van der Waals surface area (Å²) in [4.78, 5) is 11.0. The number of rotatable bonds is 13. The molecule has 111 heavy (non-hydrogen) atoms. The molecule has 0 amide bonds. The maximum atomic E-state index is 2.97. The Morgan fingerprint density at radius 2 is 1.28 bits per heavy atom. The van der Waals surface area contributed by atoms with Gasteiger partial charge in [0, 0.05) is 98.1 Å². The minimum absolute atomic E-state index is 0.0217. The molecule has 0 bridgehead atoms. The third-order valence-electron chi connectivity index (χ3n) is 29.4. The quantitative estimate of drug-likeness (QED) is 0.107. The van der Waals surface area contributed by atoms with Gasteiger partial charge in [-0.05, 0) is 255 Å². The van der Waals surface area contributed by atoms with E-state index in [0.717, 1.165) is 38.5 Å². The molecule has 0 radical (unpaired) electrons. The molecule has 7 aromatic carbocycles. The Morgan fingerprint density at radius 3 is 2.14 bits per heavy atom. The highest BCUT2D eigenvalue weighted by Crippen LogP contribution is 2.75. The van der Waals surface area contributed by atoms with Gasteiger partial charge in [-0.2, -0.15) is 0 Å². The van der Waals surface area contributed by atoms with Crippen LogP contribution in [0.1, 0.15) is 130 Å². The number of hydrogen-bond acceptors (Lipinski definition) is 4.